The number of anilines is 1. The third kappa shape index (κ3) is 1.84. The van der Waals surface area contributed by atoms with Crippen LogP contribution in [-0.4, -0.2) is 12.1 Å². The zero-order valence-corrected chi connectivity index (χ0v) is 9.40. The van der Waals surface area contributed by atoms with E-state index in [2.05, 4.69) is 18.0 Å². The van der Waals surface area contributed by atoms with Crippen LogP contribution in [0.25, 0.3) is 11.1 Å². The smallest absolute Gasteiger partial charge is 0.131 e. The highest BCUT2D eigenvalue weighted by atomic mass is 16.5. The molecule has 0 saturated heterocycles. The summed E-state index contributed by atoms with van der Waals surface area (Å²) in [4.78, 5) is 4.10. The van der Waals surface area contributed by atoms with Crippen LogP contribution in [-0.2, 0) is 0 Å². The molecule has 82 valence electrons. The van der Waals surface area contributed by atoms with Crippen molar-refractivity contribution in [2.45, 2.75) is 6.92 Å². The Kier molecular flexibility index (Phi) is 2.77. The molecule has 0 fully saturated rings. The summed E-state index contributed by atoms with van der Waals surface area (Å²) in [6.45, 7) is 2.06. The summed E-state index contributed by atoms with van der Waals surface area (Å²) in [5, 5.41) is 0. The number of benzene rings is 1. The van der Waals surface area contributed by atoms with Gasteiger partial charge in [-0.3, -0.25) is 0 Å². The molecular weight excluding hydrogens is 200 g/mol. The normalized spacial score (nSPS) is 10.1. The van der Waals surface area contributed by atoms with Crippen LogP contribution >= 0.6 is 0 Å². The molecule has 0 spiro atoms. The molecule has 16 heavy (non-hydrogen) atoms. The van der Waals surface area contributed by atoms with Gasteiger partial charge < -0.3 is 10.5 Å². The van der Waals surface area contributed by atoms with Crippen molar-refractivity contribution < 1.29 is 4.74 Å². The van der Waals surface area contributed by atoms with E-state index in [-0.39, 0.29) is 0 Å². The maximum Gasteiger partial charge on any atom is 0.131 e. The Balaban J connectivity index is 2.60. The van der Waals surface area contributed by atoms with Crippen LogP contribution in [0.4, 0.5) is 5.82 Å². The van der Waals surface area contributed by atoms with Gasteiger partial charge in [0, 0.05) is 17.8 Å². The number of aryl methyl sites for hydroxylation is 1. The van der Waals surface area contributed by atoms with Gasteiger partial charge in [0.15, 0.2) is 0 Å². The first-order valence-corrected chi connectivity index (χ1v) is 5.08. The summed E-state index contributed by atoms with van der Waals surface area (Å²) in [5.41, 5.74) is 8.90. The second kappa shape index (κ2) is 4.23. The third-order valence-electron chi connectivity index (χ3n) is 2.54. The van der Waals surface area contributed by atoms with E-state index in [0.717, 1.165) is 16.9 Å². The highest BCUT2D eigenvalue weighted by Crippen LogP contribution is 2.32. The van der Waals surface area contributed by atoms with Crippen molar-refractivity contribution in [3.8, 4) is 16.9 Å². The number of nitrogens with zero attached hydrogens (tertiary/aromatic N) is 1. The van der Waals surface area contributed by atoms with Gasteiger partial charge in [0.25, 0.3) is 0 Å². The van der Waals surface area contributed by atoms with Crippen molar-refractivity contribution in [3.63, 3.8) is 0 Å². The number of aromatic nitrogens is 1. The van der Waals surface area contributed by atoms with Crippen LogP contribution in [0.5, 0.6) is 5.75 Å². The van der Waals surface area contributed by atoms with Crippen LogP contribution in [0.3, 0.4) is 0 Å². The van der Waals surface area contributed by atoms with E-state index in [4.69, 9.17) is 10.5 Å². The van der Waals surface area contributed by atoms with Crippen LogP contribution < -0.4 is 10.5 Å². The fraction of sp³-hybridized carbons (Fsp3) is 0.154. The van der Waals surface area contributed by atoms with Gasteiger partial charge in [0.05, 0.1) is 7.11 Å². The van der Waals surface area contributed by atoms with E-state index in [1.54, 1.807) is 19.4 Å². The Bertz CT molecular complexity index is 509. The average Bonchev–Trinajstić information content (AvgIpc) is 2.30. The number of nitrogens with two attached hydrogens (primary N) is 1. The summed E-state index contributed by atoms with van der Waals surface area (Å²) in [6, 6.07) is 9.85. The lowest BCUT2D eigenvalue weighted by Gasteiger charge is -2.10. The maximum atomic E-state index is 5.63. The second-order valence-electron chi connectivity index (χ2n) is 3.62. The number of hydrogen-bond donors (Lipinski definition) is 1. The standard InChI is InChI=1S/C13H14N2O/c1-9-5-3-4-6-10(9)11-8-15-13(14)7-12(11)16-2/h3-8H,1-2H3,(H2,14,15). The molecule has 1 aromatic carbocycles. The molecule has 0 amide bonds. The first-order valence-electron chi connectivity index (χ1n) is 5.08. The monoisotopic (exact) mass is 214 g/mol. The number of ether oxygens (including phenoxy) is 1. The third-order valence-corrected chi connectivity index (χ3v) is 2.54. The van der Waals surface area contributed by atoms with Crippen molar-refractivity contribution >= 4 is 5.82 Å². The SMILES string of the molecule is COc1cc(N)ncc1-c1ccccc1C. The Labute approximate surface area is 94.9 Å². The Hall–Kier alpha value is -2.03. The highest BCUT2D eigenvalue weighted by Gasteiger charge is 2.08. The average molecular weight is 214 g/mol. The van der Waals surface area contributed by atoms with Gasteiger partial charge in [-0.25, -0.2) is 4.98 Å². The van der Waals surface area contributed by atoms with Crippen molar-refractivity contribution in [1.82, 2.24) is 4.98 Å². The number of rotatable bonds is 2. The molecule has 3 heteroatoms. The number of nitrogen functional groups attached to an aromatic ring is 1. The van der Waals surface area contributed by atoms with Crippen LogP contribution in [0.15, 0.2) is 36.5 Å². The minimum Gasteiger partial charge on any atom is -0.496 e. The maximum absolute atomic E-state index is 5.63. The molecule has 0 aliphatic rings. The second-order valence-corrected chi connectivity index (χ2v) is 3.62. The topological polar surface area (TPSA) is 48.1 Å². The zero-order chi connectivity index (χ0) is 11.5. The molecule has 2 aromatic rings. The highest BCUT2D eigenvalue weighted by molar-refractivity contribution is 5.73. The first kappa shape index (κ1) is 10.5. The summed E-state index contributed by atoms with van der Waals surface area (Å²) < 4.78 is 5.32. The van der Waals surface area contributed by atoms with Gasteiger partial charge in [-0.2, -0.15) is 0 Å². The minimum absolute atomic E-state index is 0.467. The van der Waals surface area contributed by atoms with E-state index >= 15 is 0 Å². The number of pyridine rings is 1. The van der Waals surface area contributed by atoms with E-state index in [0.29, 0.717) is 5.82 Å². The van der Waals surface area contributed by atoms with Gasteiger partial charge in [-0.15, -0.1) is 0 Å². The summed E-state index contributed by atoms with van der Waals surface area (Å²) >= 11 is 0. The zero-order valence-electron chi connectivity index (χ0n) is 9.40. The molecule has 0 aliphatic heterocycles. The quantitative estimate of drug-likeness (QED) is 0.836. The van der Waals surface area contributed by atoms with Gasteiger partial charge in [-0.05, 0) is 18.1 Å². The van der Waals surface area contributed by atoms with Crippen molar-refractivity contribution in [2.75, 3.05) is 12.8 Å². The summed E-state index contributed by atoms with van der Waals surface area (Å²) in [6.07, 6.45) is 1.75. The molecule has 2 rings (SSSR count). The molecule has 0 bridgehead atoms. The van der Waals surface area contributed by atoms with Crippen molar-refractivity contribution in [1.29, 1.82) is 0 Å². The molecule has 2 N–H and O–H groups in total. The van der Waals surface area contributed by atoms with Gasteiger partial charge in [0.2, 0.25) is 0 Å². The summed E-state index contributed by atoms with van der Waals surface area (Å²) in [5.74, 6) is 1.22. The Morgan fingerprint density at radius 3 is 2.62 bits per heavy atom. The van der Waals surface area contributed by atoms with E-state index in [1.807, 2.05) is 18.2 Å². The van der Waals surface area contributed by atoms with Crippen LogP contribution in [0.2, 0.25) is 0 Å². The van der Waals surface area contributed by atoms with Crippen molar-refractivity contribution in [2.24, 2.45) is 0 Å². The van der Waals surface area contributed by atoms with E-state index in [1.165, 1.54) is 5.56 Å². The molecule has 1 heterocycles. The fourth-order valence-electron chi connectivity index (χ4n) is 1.70. The summed E-state index contributed by atoms with van der Waals surface area (Å²) in [7, 11) is 1.64. The lowest BCUT2D eigenvalue weighted by atomic mass is 10.0. The molecule has 0 unspecified atom stereocenters. The van der Waals surface area contributed by atoms with Gasteiger partial charge in [0.1, 0.15) is 11.6 Å². The Morgan fingerprint density at radius 2 is 1.94 bits per heavy atom. The molecule has 0 atom stereocenters. The molecule has 1 aromatic heterocycles. The van der Waals surface area contributed by atoms with Gasteiger partial charge >= 0.3 is 0 Å². The molecule has 3 nitrogen and oxygen atoms in total. The lowest BCUT2D eigenvalue weighted by molar-refractivity contribution is 0.416. The van der Waals surface area contributed by atoms with Crippen LogP contribution in [0, 0.1) is 6.92 Å². The van der Waals surface area contributed by atoms with Crippen molar-refractivity contribution in [3.05, 3.63) is 42.1 Å². The molecule has 0 radical (unpaired) electrons. The number of hydrogen-bond acceptors (Lipinski definition) is 3. The lowest BCUT2D eigenvalue weighted by Crippen LogP contribution is -1.95. The van der Waals surface area contributed by atoms with Crippen LogP contribution in [0.1, 0.15) is 5.56 Å². The largest absolute Gasteiger partial charge is 0.496 e. The molecule has 0 aliphatic carbocycles. The van der Waals surface area contributed by atoms with E-state index in [9.17, 15) is 0 Å². The minimum atomic E-state index is 0.467. The molecule has 0 saturated carbocycles. The van der Waals surface area contributed by atoms with Gasteiger partial charge in [-0.1, -0.05) is 24.3 Å². The predicted molar refractivity (Wildman–Crippen MR) is 65.4 cm³/mol. The molecular formula is C13H14N2O. The number of methoxy groups -OCH3 is 1. The first-order chi connectivity index (χ1) is 7.72. The fourth-order valence-corrected chi connectivity index (χ4v) is 1.70. The predicted octanol–water partition coefficient (Wildman–Crippen LogP) is 2.65. The Morgan fingerprint density at radius 1 is 1.19 bits per heavy atom. The van der Waals surface area contributed by atoms with E-state index < -0.39 is 0 Å².